The Morgan fingerprint density at radius 3 is 2.45 bits per heavy atom. The van der Waals surface area contributed by atoms with Crippen molar-refractivity contribution in [2.75, 3.05) is 19.0 Å². The van der Waals surface area contributed by atoms with Crippen LogP contribution >= 0.6 is 11.6 Å². The van der Waals surface area contributed by atoms with Crippen LogP contribution in [0.15, 0.2) is 47.0 Å². The van der Waals surface area contributed by atoms with Gasteiger partial charge in [0.15, 0.2) is 0 Å². The standard InChI is InChI=1S/C21H18ClN3O3.Na/c1-11-8-18(28-24-11)20(26)19-15-9-14(16(22)10-17(15)23-21(19)27)12-4-6-13(7-5-12)25(2)3;/h4-10,23,27H,1-3H3;. The molecular formula is C21H18ClN3NaO3. The number of carbonyl (C=O) groups is 1. The molecule has 0 atom stereocenters. The second-order valence-corrected chi connectivity index (χ2v) is 7.24. The van der Waals surface area contributed by atoms with Crippen LogP contribution in [0.4, 0.5) is 5.69 Å². The van der Waals surface area contributed by atoms with E-state index in [-0.39, 0.29) is 46.8 Å². The monoisotopic (exact) mass is 418 g/mol. The summed E-state index contributed by atoms with van der Waals surface area (Å²) in [6, 6.07) is 13.0. The minimum Gasteiger partial charge on any atom is -0.494 e. The van der Waals surface area contributed by atoms with Crippen molar-refractivity contribution < 1.29 is 14.4 Å². The Hall–Kier alpha value is -2.25. The number of benzene rings is 2. The van der Waals surface area contributed by atoms with E-state index in [2.05, 4.69) is 10.1 Å². The zero-order valence-electron chi connectivity index (χ0n) is 16.6. The van der Waals surface area contributed by atoms with Gasteiger partial charge in [0.2, 0.25) is 17.4 Å². The van der Waals surface area contributed by atoms with Crippen molar-refractivity contribution >= 4 is 63.5 Å². The fourth-order valence-corrected chi connectivity index (χ4v) is 3.46. The third kappa shape index (κ3) is 3.94. The predicted molar refractivity (Wildman–Crippen MR) is 115 cm³/mol. The summed E-state index contributed by atoms with van der Waals surface area (Å²) >= 11 is 6.48. The first-order valence-corrected chi connectivity index (χ1v) is 9.03. The van der Waals surface area contributed by atoms with Crippen LogP contribution in [0.2, 0.25) is 5.02 Å². The molecule has 0 saturated carbocycles. The molecule has 29 heavy (non-hydrogen) atoms. The van der Waals surface area contributed by atoms with Crippen LogP contribution in [-0.4, -0.2) is 64.7 Å². The zero-order valence-corrected chi connectivity index (χ0v) is 19.3. The number of aromatic hydroxyl groups is 1. The number of nitrogens with one attached hydrogen (secondary N) is 1. The van der Waals surface area contributed by atoms with Crippen LogP contribution in [0.5, 0.6) is 5.88 Å². The van der Waals surface area contributed by atoms with E-state index in [1.165, 1.54) is 6.07 Å². The minimum absolute atomic E-state index is 0. The molecule has 0 aliphatic heterocycles. The predicted octanol–water partition coefficient (Wildman–Crippen LogP) is 4.41. The van der Waals surface area contributed by atoms with Crippen LogP contribution in [-0.2, 0) is 0 Å². The first kappa shape index (κ1) is 21.5. The molecule has 1 radical (unpaired) electrons. The van der Waals surface area contributed by atoms with Gasteiger partial charge in [-0.25, -0.2) is 0 Å². The first-order chi connectivity index (χ1) is 13.3. The Morgan fingerprint density at radius 2 is 1.86 bits per heavy atom. The van der Waals surface area contributed by atoms with Crippen molar-refractivity contribution in [3.8, 4) is 17.0 Å². The van der Waals surface area contributed by atoms with Crippen molar-refractivity contribution in [2.45, 2.75) is 6.92 Å². The number of rotatable bonds is 4. The van der Waals surface area contributed by atoms with Crippen LogP contribution in [0, 0.1) is 6.92 Å². The van der Waals surface area contributed by atoms with Gasteiger partial charge in [0.25, 0.3) is 0 Å². The molecule has 0 bridgehead atoms. The third-order valence-electron chi connectivity index (χ3n) is 4.64. The Kier molecular flexibility index (Phi) is 6.10. The number of fused-ring (bicyclic) bond motifs is 1. The summed E-state index contributed by atoms with van der Waals surface area (Å²) in [6.45, 7) is 1.73. The number of aryl methyl sites for hydroxylation is 1. The zero-order chi connectivity index (χ0) is 20.0. The van der Waals surface area contributed by atoms with E-state index in [0.717, 1.165) is 16.8 Å². The fourth-order valence-electron chi connectivity index (χ4n) is 3.19. The normalized spacial score (nSPS) is 10.8. The average molecular weight is 419 g/mol. The van der Waals surface area contributed by atoms with Crippen LogP contribution in [0.3, 0.4) is 0 Å². The van der Waals surface area contributed by atoms with E-state index >= 15 is 0 Å². The van der Waals surface area contributed by atoms with Crippen molar-refractivity contribution in [1.29, 1.82) is 0 Å². The van der Waals surface area contributed by atoms with Gasteiger partial charge in [0, 0.05) is 66.4 Å². The van der Waals surface area contributed by atoms with Gasteiger partial charge in [-0.15, -0.1) is 0 Å². The Labute approximate surface area is 194 Å². The molecule has 0 spiro atoms. The molecule has 2 aromatic heterocycles. The number of aromatic amines is 1. The van der Waals surface area contributed by atoms with Crippen LogP contribution in [0.25, 0.3) is 22.0 Å². The number of hydrogen-bond donors (Lipinski definition) is 2. The summed E-state index contributed by atoms with van der Waals surface area (Å²) in [5, 5.41) is 15.2. The number of nitrogens with zero attached hydrogens (tertiary/aromatic N) is 2. The molecule has 0 unspecified atom stereocenters. The van der Waals surface area contributed by atoms with E-state index in [9.17, 15) is 9.90 Å². The molecule has 0 amide bonds. The molecule has 2 N–H and O–H groups in total. The number of H-pyrrole nitrogens is 1. The SMILES string of the molecule is Cc1cc(C(=O)c2c(O)[nH]c3cc(Cl)c(-c4ccc(N(C)C)cc4)cc23)on1.[Na]. The van der Waals surface area contributed by atoms with Gasteiger partial charge in [-0.1, -0.05) is 28.9 Å². The second kappa shape index (κ2) is 8.24. The molecule has 0 saturated heterocycles. The summed E-state index contributed by atoms with van der Waals surface area (Å²) in [5.41, 5.74) is 4.03. The molecule has 2 heterocycles. The van der Waals surface area contributed by atoms with Crippen molar-refractivity contribution in [3.05, 3.63) is 64.5 Å². The maximum Gasteiger partial charge on any atom is 0.237 e. The number of halogens is 1. The molecule has 4 aromatic rings. The molecule has 0 fully saturated rings. The Balaban J connectivity index is 0.00000240. The fraction of sp³-hybridized carbons (Fsp3) is 0.143. The van der Waals surface area contributed by atoms with Crippen molar-refractivity contribution in [3.63, 3.8) is 0 Å². The molecule has 0 aliphatic rings. The summed E-state index contributed by atoms with van der Waals surface area (Å²) in [4.78, 5) is 17.7. The van der Waals surface area contributed by atoms with E-state index in [4.69, 9.17) is 16.1 Å². The van der Waals surface area contributed by atoms with Gasteiger partial charge in [-0.05, 0) is 36.8 Å². The van der Waals surface area contributed by atoms with Crippen LogP contribution in [0.1, 0.15) is 21.8 Å². The second-order valence-electron chi connectivity index (χ2n) is 6.83. The van der Waals surface area contributed by atoms with Gasteiger partial charge >= 0.3 is 0 Å². The van der Waals surface area contributed by atoms with Crippen LogP contribution < -0.4 is 4.90 Å². The summed E-state index contributed by atoms with van der Waals surface area (Å²) in [5.74, 6) is -0.605. The number of hydrogen-bond acceptors (Lipinski definition) is 5. The smallest absolute Gasteiger partial charge is 0.237 e. The molecule has 143 valence electrons. The number of carbonyl (C=O) groups excluding carboxylic acids is 1. The van der Waals surface area contributed by atoms with Gasteiger partial charge in [-0.2, -0.15) is 0 Å². The van der Waals surface area contributed by atoms with Gasteiger partial charge in [0.1, 0.15) is 0 Å². The largest absolute Gasteiger partial charge is 0.494 e. The molecular weight excluding hydrogens is 401 g/mol. The Bertz CT molecular complexity index is 1200. The summed E-state index contributed by atoms with van der Waals surface area (Å²) < 4.78 is 5.07. The molecule has 2 aromatic carbocycles. The summed E-state index contributed by atoms with van der Waals surface area (Å²) in [7, 11) is 3.94. The maximum absolute atomic E-state index is 12.9. The van der Waals surface area contributed by atoms with Gasteiger partial charge in [-0.3, -0.25) is 4.79 Å². The third-order valence-corrected chi connectivity index (χ3v) is 4.95. The van der Waals surface area contributed by atoms with Crippen molar-refractivity contribution in [2.24, 2.45) is 0 Å². The molecule has 8 heteroatoms. The number of anilines is 1. The van der Waals surface area contributed by atoms with E-state index in [1.54, 1.807) is 19.1 Å². The summed E-state index contributed by atoms with van der Waals surface area (Å²) in [6.07, 6.45) is 0. The van der Waals surface area contributed by atoms with Crippen molar-refractivity contribution in [1.82, 2.24) is 10.1 Å². The van der Waals surface area contributed by atoms with E-state index < -0.39 is 5.78 Å². The van der Waals surface area contributed by atoms with E-state index in [0.29, 0.717) is 21.6 Å². The number of aromatic nitrogens is 2. The number of ketones is 1. The molecule has 6 nitrogen and oxygen atoms in total. The van der Waals surface area contributed by atoms with E-state index in [1.807, 2.05) is 43.3 Å². The first-order valence-electron chi connectivity index (χ1n) is 8.65. The molecule has 4 rings (SSSR count). The Morgan fingerprint density at radius 1 is 1.17 bits per heavy atom. The van der Waals surface area contributed by atoms with Gasteiger partial charge in [0.05, 0.1) is 21.8 Å². The topological polar surface area (TPSA) is 82.4 Å². The molecule has 0 aliphatic carbocycles. The minimum atomic E-state index is -0.444. The average Bonchev–Trinajstić information content (AvgIpc) is 3.23. The van der Waals surface area contributed by atoms with Gasteiger partial charge < -0.3 is 19.5 Å². The maximum atomic E-state index is 12.9. The quantitative estimate of drug-likeness (QED) is 0.379.